The Morgan fingerprint density at radius 1 is 1.07 bits per heavy atom. The summed E-state index contributed by atoms with van der Waals surface area (Å²) in [5.74, 6) is 2.21. The van der Waals surface area contributed by atoms with Crippen LogP contribution >= 0.6 is 0 Å². The van der Waals surface area contributed by atoms with Gasteiger partial charge >= 0.3 is 0 Å². The smallest absolute Gasteiger partial charge is 0.0227 e. The molecule has 1 nitrogen and oxygen atoms in total. The van der Waals surface area contributed by atoms with E-state index < -0.39 is 0 Å². The molecule has 4 aliphatic rings. The first-order valence-electron chi connectivity index (χ1n) is 6.77. The minimum Gasteiger partial charge on any atom is -0.291 e. The zero-order valence-corrected chi connectivity index (χ0v) is 10.3. The first kappa shape index (κ1) is 9.04. The molecule has 4 rings (SSSR count). The van der Waals surface area contributed by atoms with E-state index in [1.807, 2.05) is 0 Å². The minimum absolute atomic E-state index is 0.520. The minimum atomic E-state index is 0.520. The molecule has 2 aliphatic carbocycles. The van der Waals surface area contributed by atoms with E-state index in [0.29, 0.717) is 11.0 Å². The van der Waals surface area contributed by atoms with E-state index in [-0.39, 0.29) is 0 Å². The van der Waals surface area contributed by atoms with Crippen molar-refractivity contribution in [3.8, 4) is 0 Å². The molecule has 2 heterocycles. The molecule has 0 amide bonds. The lowest BCUT2D eigenvalue weighted by Gasteiger charge is -2.42. The average Bonchev–Trinajstić information content (AvgIpc) is 2.90. The first-order chi connectivity index (χ1) is 6.99. The van der Waals surface area contributed by atoms with Crippen LogP contribution in [0.5, 0.6) is 0 Å². The van der Waals surface area contributed by atoms with Crippen molar-refractivity contribution < 1.29 is 0 Å². The van der Waals surface area contributed by atoms with Crippen molar-refractivity contribution in [2.75, 3.05) is 0 Å². The third-order valence-electron chi connectivity index (χ3n) is 5.18. The van der Waals surface area contributed by atoms with Crippen LogP contribution in [0.15, 0.2) is 0 Å². The van der Waals surface area contributed by atoms with Gasteiger partial charge in [0, 0.05) is 17.6 Å². The summed E-state index contributed by atoms with van der Waals surface area (Å²) in [6.45, 7) is 7.27. The Morgan fingerprint density at radius 3 is 2.07 bits per heavy atom. The van der Waals surface area contributed by atoms with E-state index in [1.165, 1.54) is 19.3 Å². The van der Waals surface area contributed by atoms with Crippen molar-refractivity contribution in [1.29, 1.82) is 0 Å². The van der Waals surface area contributed by atoms with Crippen molar-refractivity contribution in [3.05, 3.63) is 0 Å². The maximum atomic E-state index is 2.99. The van der Waals surface area contributed by atoms with Crippen LogP contribution in [-0.4, -0.2) is 22.5 Å². The second kappa shape index (κ2) is 2.30. The molecule has 3 unspecified atom stereocenters. The molecular formula is C14H23N. The van der Waals surface area contributed by atoms with Crippen molar-refractivity contribution >= 4 is 0 Å². The second-order valence-electron chi connectivity index (χ2n) is 7.90. The highest BCUT2D eigenvalue weighted by Gasteiger charge is 2.70. The summed E-state index contributed by atoms with van der Waals surface area (Å²) in [6.07, 6.45) is 7.61. The van der Waals surface area contributed by atoms with Crippen molar-refractivity contribution in [3.63, 3.8) is 0 Å². The molecule has 2 saturated carbocycles. The zero-order chi connectivity index (χ0) is 10.4. The maximum Gasteiger partial charge on any atom is 0.0227 e. The molecule has 84 valence electrons. The van der Waals surface area contributed by atoms with Gasteiger partial charge in [0.1, 0.15) is 0 Å². The van der Waals surface area contributed by atoms with Gasteiger partial charge in [-0.1, -0.05) is 20.8 Å². The van der Waals surface area contributed by atoms with Crippen molar-refractivity contribution in [2.24, 2.45) is 17.3 Å². The summed E-state index contributed by atoms with van der Waals surface area (Å²) in [5.41, 5.74) is 1.19. The van der Waals surface area contributed by atoms with Crippen LogP contribution in [0.4, 0.5) is 0 Å². The highest BCUT2D eigenvalue weighted by Crippen LogP contribution is 2.68. The summed E-state index contributed by atoms with van der Waals surface area (Å²) in [4.78, 5) is 2.99. The number of hydrogen-bond donors (Lipinski definition) is 0. The molecule has 0 radical (unpaired) electrons. The highest BCUT2D eigenvalue weighted by molar-refractivity contribution is 5.24. The lowest BCUT2D eigenvalue weighted by atomic mass is 9.75. The molecule has 5 atom stereocenters. The number of fused-ring (bicyclic) bond motifs is 5. The van der Waals surface area contributed by atoms with Gasteiger partial charge in [-0.2, -0.15) is 0 Å². The van der Waals surface area contributed by atoms with Gasteiger partial charge in [0.2, 0.25) is 0 Å². The average molecular weight is 205 g/mol. The van der Waals surface area contributed by atoms with E-state index in [0.717, 1.165) is 23.9 Å². The van der Waals surface area contributed by atoms with Crippen LogP contribution in [0.3, 0.4) is 0 Å². The first-order valence-corrected chi connectivity index (χ1v) is 6.77. The molecule has 0 N–H and O–H groups in total. The van der Waals surface area contributed by atoms with Gasteiger partial charge in [-0.25, -0.2) is 0 Å². The largest absolute Gasteiger partial charge is 0.291 e. The van der Waals surface area contributed by atoms with E-state index >= 15 is 0 Å². The lowest BCUT2D eigenvalue weighted by Crippen LogP contribution is -2.46. The standard InChI is InChI=1S/C14H23N/c1-13(2,3)8-14-6-9-4-11(9)15(14)12-5-10(12)7-14/h9-12H,4-8H2,1-3H3/t9-,10?,11-,12?,14?/m0/s1. The van der Waals surface area contributed by atoms with E-state index in [2.05, 4.69) is 25.7 Å². The molecule has 0 aromatic heterocycles. The van der Waals surface area contributed by atoms with Gasteiger partial charge in [-0.15, -0.1) is 0 Å². The summed E-state index contributed by atoms with van der Waals surface area (Å²) < 4.78 is 0. The van der Waals surface area contributed by atoms with Crippen LogP contribution in [0.2, 0.25) is 0 Å². The monoisotopic (exact) mass is 205 g/mol. The molecule has 15 heavy (non-hydrogen) atoms. The summed E-state index contributed by atoms with van der Waals surface area (Å²) in [6, 6.07) is 2.06. The maximum absolute atomic E-state index is 2.99. The Bertz CT molecular complexity index is 294. The fourth-order valence-corrected chi connectivity index (χ4v) is 5.03. The topological polar surface area (TPSA) is 3.24 Å². The Balaban J connectivity index is 1.65. The van der Waals surface area contributed by atoms with Gasteiger partial charge in [-0.3, -0.25) is 4.90 Å². The van der Waals surface area contributed by atoms with Gasteiger partial charge < -0.3 is 0 Å². The van der Waals surface area contributed by atoms with Crippen molar-refractivity contribution in [2.45, 2.75) is 70.5 Å². The van der Waals surface area contributed by atoms with Gasteiger partial charge in [0.25, 0.3) is 0 Å². The third-order valence-corrected chi connectivity index (χ3v) is 5.18. The van der Waals surface area contributed by atoms with Crippen molar-refractivity contribution in [1.82, 2.24) is 4.90 Å². The van der Waals surface area contributed by atoms with E-state index in [4.69, 9.17) is 0 Å². The Hall–Kier alpha value is -0.0400. The second-order valence-corrected chi connectivity index (χ2v) is 7.90. The molecule has 2 aliphatic heterocycles. The molecular weight excluding hydrogens is 182 g/mol. The lowest BCUT2D eigenvalue weighted by molar-refractivity contribution is 0.0804. The fourth-order valence-electron chi connectivity index (χ4n) is 5.03. The van der Waals surface area contributed by atoms with Crippen LogP contribution in [0, 0.1) is 17.3 Å². The van der Waals surface area contributed by atoms with Crippen LogP contribution in [0.1, 0.15) is 52.9 Å². The normalized spacial score (nSPS) is 56.2. The Kier molecular flexibility index (Phi) is 1.38. The van der Waals surface area contributed by atoms with Gasteiger partial charge in [0.05, 0.1) is 0 Å². The summed E-state index contributed by atoms with van der Waals surface area (Å²) in [5, 5.41) is 0. The highest BCUT2D eigenvalue weighted by atomic mass is 15.4. The fraction of sp³-hybridized carbons (Fsp3) is 1.00. The van der Waals surface area contributed by atoms with E-state index in [1.54, 1.807) is 12.8 Å². The number of nitrogens with zero attached hydrogens (tertiary/aromatic N) is 1. The van der Waals surface area contributed by atoms with Gasteiger partial charge in [-0.05, 0) is 49.4 Å². The molecule has 2 saturated heterocycles. The SMILES string of the molecule is CC(C)(C)CC12CC3CC3N1[C@H]1C[C@H]1C2. The Morgan fingerprint density at radius 2 is 1.60 bits per heavy atom. The number of hydrogen-bond acceptors (Lipinski definition) is 1. The quantitative estimate of drug-likeness (QED) is 0.636. The predicted molar refractivity (Wildman–Crippen MR) is 61.7 cm³/mol. The number of rotatable bonds is 1. The molecule has 0 spiro atoms. The molecule has 1 heteroatoms. The zero-order valence-electron chi connectivity index (χ0n) is 10.3. The summed E-state index contributed by atoms with van der Waals surface area (Å²) >= 11 is 0. The van der Waals surface area contributed by atoms with Crippen LogP contribution in [-0.2, 0) is 0 Å². The Labute approximate surface area is 93.2 Å². The molecule has 0 bridgehead atoms. The van der Waals surface area contributed by atoms with E-state index in [9.17, 15) is 0 Å². The molecule has 0 aromatic rings. The van der Waals surface area contributed by atoms with Crippen LogP contribution < -0.4 is 0 Å². The van der Waals surface area contributed by atoms with Crippen LogP contribution in [0.25, 0.3) is 0 Å². The molecule has 4 fully saturated rings. The van der Waals surface area contributed by atoms with Gasteiger partial charge in [0.15, 0.2) is 0 Å². The predicted octanol–water partition coefficient (Wildman–Crippen LogP) is 3.05. The summed E-state index contributed by atoms with van der Waals surface area (Å²) in [7, 11) is 0. The molecule has 0 aromatic carbocycles. The third kappa shape index (κ3) is 1.13. The number of piperidine rings is 2.